The molecule has 0 N–H and O–H groups in total. The Morgan fingerprint density at radius 1 is 1.00 bits per heavy atom. The lowest BCUT2D eigenvalue weighted by Gasteiger charge is -2.13. The predicted octanol–water partition coefficient (Wildman–Crippen LogP) is 6.85. The maximum Gasteiger partial charge on any atom is 0.0591 e. The summed E-state index contributed by atoms with van der Waals surface area (Å²) < 4.78 is 1.14. The van der Waals surface area contributed by atoms with Crippen molar-refractivity contribution in [1.29, 1.82) is 0 Å². The van der Waals surface area contributed by atoms with Gasteiger partial charge >= 0.3 is 0 Å². The first-order valence-electron chi connectivity index (χ1n) is 7.05. The van der Waals surface area contributed by atoms with Crippen molar-refractivity contribution in [2.24, 2.45) is 0 Å². The fraction of sp³-hybridized carbons (Fsp3) is 0.412. The van der Waals surface area contributed by atoms with Gasteiger partial charge in [0.05, 0.1) is 5.38 Å². The zero-order chi connectivity index (χ0) is 13.7. The van der Waals surface area contributed by atoms with Gasteiger partial charge in [0.15, 0.2) is 0 Å². The highest BCUT2D eigenvalue weighted by molar-refractivity contribution is 9.10. The highest BCUT2D eigenvalue weighted by atomic mass is 79.9. The van der Waals surface area contributed by atoms with Gasteiger partial charge in [0.25, 0.3) is 0 Å². The highest BCUT2D eigenvalue weighted by Gasteiger charge is 2.12. The summed E-state index contributed by atoms with van der Waals surface area (Å²) in [7, 11) is 0. The minimum atomic E-state index is 0.120. The Hall–Kier alpha value is -0.530. The molecule has 0 aliphatic carbocycles. The topological polar surface area (TPSA) is 0 Å². The van der Waals surface area contributed by atoms with Crippen molar-refractivity contribution < 1.29 is 0 Å². The molecule has 0 saturated carbocycles. The van der Waals surface area contributed by atoms with Crippen molar-refractivity contribution in [3.63, 3.8) is 0 Å². The normalized spacial score (nSPS) is 12.8. The number of hydrogen-bond acceptors (Lipinski definition) is 0. The molecule has 0 radical (unpaired) electrons. The van der Waals surface area contributed by atoms with E-state index in [0.717, 1.165) is 10.9 Å². The number of benzene rings is 2. The van der Waals surface area contributed by atoms with E-state index in [2.05, 4.69) is 59.3 Å². The van der Waals surface area contributed by atoms with Crippen LogP contribution in [-0.4, -0.2) is 0 Å². The quantitative estimate of drug-likeness (QED) is 0.398. The molecule has 2 aromatic rings. The van der Waals surface area contributed by atoms with Crippen LogP contribution >= 0.6 is 27.5 Å². The molecule has 2 rings (SSSR count). The number of fused-ring (bicyclic) bond motifs is 1. The number of rotatable bonds is 6. The van der Waals surface area contributed by atoms with Crippen molar-refractivity contribution in [3.05, 3.63) is 46.4 Å². The number of alkyl halides is 1. The molecular weight excluding hydrogens is 320 g/mol. The van der Waals surface area contributed by atoms with Crippen LogP contribution in [0.4, 0.5) is 0 Å². The molecular formula is C17H20BrCl. The first-order valence-corrected chi connectivity index (χ1v) is 8.28. The monoisotopic (exact) mass is 338 g/mol. The van der Waals surface area contributed by atoms with Crippen LogP contribution in [0.1, 0.15) is 50.0 Å². The Kier molecular flexibility index (Phi) is 5.72. The second-order valence-electron chi connectivity index (χ2n) is 5.00. The first kappa shape index (κ1) is 14.9. The molecule has 0 aliphatic heterocycles. The standard InChI is InChI=1S/C17H20BrCl/c1-2-3-4-5-10-17(19)15-11-12-16(18)14-9-7-6-8-13(14)15/h6-9,11-12,17H,2-5,10H2,1H3. The van der Waals surface area contributed by atoms with Gasteiger partial charge in [-0.1, -0.05) is 78.9 Å². The average Bonchev–Trinajstić information content (AvgIpc) is 2.44. The van der Waals surface area contributed by atoms with E-state index in [9.17, 15) is 0 Å². The Balaban J connectivity index is 2.18. The van der Waals surface area contributed by atoms with Crippen LogP contribution in [0.3, 0.4) is 0 Å². The van der Waals surface area contributed by atoms with Crippen LogP contribution in [0, 0.1) is 0 Å². The van der Waals surface area contributed by atoms with Crippen LogP contribution in [0.25, 0.3) is 10.8 Å². The molecule has 0 saturated heterocycles. The predicted molar refractivity (Wildman–Crippen MR) is 89.0 cm³/mol. The van der Waals surface area contributed by atoms with Crippen LogP contribution in [0.5, 0.6) is 0 Å². The maximum atomic E-state index is 6.60. The van der Waals surface area contributed by atoms with Gasteiger partial charge in [0, 0.05) is 4.47 Å². The van der Waals surface area contributed by atoms with Gasteiger partial charge < -0.3 is 0 Å². The van der Waals surface area contributed by atoms with E-state index in [-0.39, 0.29) is 5.38 Å². The van der Waals surface area contributed by atoms with Crippen molar-refractivity contribution in [2.75, 3.05) is 0 Å². The molecule has 1 unspecified atom stereocenters. The Morgan fingerprint density at radius 3 is 2.47 bits per heavy atom. The number of halogens is 2. The van der Waals surface area contributed by atoms with Gasteiger partial charge in [-0.15, -0.1) is 11.6 Å². The summed E-state index contributed by atoms with van der Waals surface area (Å²) in [6, 6.07) is 12.7. The summed E-state index contributed by atoms with van der Waals surface area (Å²) in [6.07, 6.45) is 6.15. The second-order valence-corrected chi connectivity index (χ2v) is 6.38. The number of unbranched alkanes of at least 4 members (excludes halogenated alkanes) is 3. The van der Waals surface area contributed by atoms with Crippen molar-refractivity contribution in [1.82, 2.24) is 0 Å². The zero-order valence-corrected chi connectivity index (χ0v) is 13.7. The van der Waals surface area contributed by atoms with Gasteiger partial charge in [-0.05, 0) is 28.8 Å². The third-order valence-electron chi connectivity index (χ3n) is 3.55. The summed E-state index contributed by atoms with van der Waals surface area (Å²) in [5.74, 6) is 0. The van der Waals surface area contributed by atoms with E-state index in [1.807, 2.05) is 0 Å². The van der Waals surface area contributed by atoms with E-state index < -0.39 is 0 Å². The average molecular weight is 340 g/mol. The van der Waals surface area contributed by atoms with Gasteiger partial charge in [0.2, 0.25) is 0 Å². The molecule has 0 bridgehead atoms. The largest absolute Gasteiger partial charge is 0.118 e. The Morgan fingerprint density at radius 2 is 1.74 bits per heavy atom. The smallest absolute Gasteiger partial charge is 0.0591 e. The van der Waals surface area contributed by atoms with Gasteiger partial charge in [0.1, 0.15) is 0 Å². The van der Waals surface area contributed by atoms with Crippen molar-refractivity contribution in [2.45, 2.75) is 44.4 Å². The summed E-state index contributed by atoms with van der Waals surface area (Å²) in [4.78, 5) is 0. The van der Waals surface area contributed by atoms with Gasteiger partial charge in [-0.3, -0.25) is 0 Å². The lowest BCUT2D eigenvalue weighted by Crippen LogP contribution is -1.93. The zero-order valence-electron chi connectivity index (χ0n) is 11.3. The minimum absolute atomic E-state index is 0.120. The van der Waals surface area contributed by atoms with E-state index >= 15 is 0 Å². The van der Waals surface area contributed by atoms with Crippen LogP contribution in [0.15, 0.2) is 40.9 Å². The third-order valence-corrected chi connectivity index (χ3v) is 4.70. The fourth-order valence-electron chi connectivity index (χ4n) is 2.46. The third kappa shape index (κ3) is 3.73. The van der Waals surface area contributed by atoms with Crippen LogP contribution in [0.2, 0.25) is 0 Å². The molecule has 0 fully saturated rings. The van der Waals surface area contributed by atoms with Gasteiger partial charge in [-0.2, -0.15) is 0 Å². The molecule has 0 aromatic heterocycles. The lowest BCUT2D eigenvalue weighted by molar-refractivity contribution is 0.625. The first-order chi connectivity index (χ1) is 9.24. The summed E-state index contributed by atoms with van der Waals surface area (Å²) in [6.45, 7) is 2.24. The van der Waals surface area contributed by atoms with E-state index in [1.165, 1.54) is 42.0 Å². The molecule has 0 amide bonds. The van der Waals surface area contributed by atoms with E-state index in [0.29, 0.717) is 0 Å². The van der Waals surface area contributed by atoms with Crippen molar-refractivity contribution >= 4 is 38.3 Å². The lowest BCUT2D eigenvalue weighted by atomic mass is 9.99. The highest BCUT2D eigenvalue weighted by Crippen LogP contribution is 2.35. The minimum Gasteiger partial charge on any atom is -0.118 e. The Bertz CT molecular complexity index is 536. The maximum absolute atomic E-state index is 6.60. The Labute approximate surface area is 129 Å². The molecule has 102 valence electrons. The molecule has 19 heavy (non-hydrogen) atoms. The number of hydrogen-bond donors (Lipinski definition) is 0. The molecule has 0 aliphatic rings. The van der Waals surface area contributed by atoms with Crippen LogP contribution in [-0.2, 0) is 0 Å². The molecule has 2 heteroatoms. The van der Waals surface area contributed by atoms with Gasteiger partial charge in [-0.25, -0.2) is 0 Å². The van der Waals surface area contributed by atoms with Crippen molar-refractivity contribution in [3.8, 4) is 0 Å². The molecule has 0 spiro atoms. The molecule has 2 aromatic carbocycles. The summed E-state index contributed by atoms with van der Waals surface area (Å²) in [5, 5.41) is 2.64. The second kappa shape index (κ2) is 7.31. The SMILES string of the molecule is CCCCCCC(Cl)c1ccc(Br)c2ccccc12. The fourth-order valence-corrected chi connectivity index (χ4v) is 3.29. The van der Waals surface area contributed by atoms with E-state index in [1.54, 1.807) is 0 Å². The molecule has 0 nitrogen and oxygen atoms in total. The summed E-state index contributed by atoms with van der Waals surface area (Å²) >= 11 is 10.2. The molecule has 0 heterocycles. The summed E-state index contributed by atoms with van der Waals surface area (Å²) in [5.41, 5.74) is 1.26. The van der Waals surface area contributed by atoms with Crippen LogP contribution < -0.4 is 0 Å². The van der Waals surface area contributed by atoms with E-state index in [4.69, 9.17) is 11.6 Å². The molecule has 1 atom stereocenters.